The summed E-state index contributed by atoms with van der Waals surface area (Å²) >= 11 is 1.54. The van der Waals surface area contributed by atoms with Crippen LogP contribution in [-0.4, -0.2) is 40.5 Å². The second-order valence-electron chi connectivity index (χ2n) is 5.84. The number of aromatic nitrogens is 2. The number of hydrogen-bond donors (Lipinski definition) is 0. The Kier molecular flexibility index (Phi) is 8.99. The molecule has 0 radical (unpaired) electrons. The van der Waals surface area contributed by atoms with Crippen molar-refractivity contribution in [2.24, 2.45) is 5.11 Å². The standard InChI is InChI=1S/C20H23N5O4S/c1-4-28-18(26)15-9-7-14(8-10-15)13-25-16(12-22-20(25)30-6-3)11-17(23-24-21)19(27)29-5-2/h7-12H,4-6,13H2,1-3H3/b17-11-. The van der Waals surface area contributed by atoms with Crippen molar-refractivity contribution in [2.75, 3.05) is 19.0 Å². The van der Waals surface area contributed by atoms with Gasteiger partial charge in [0.15, 0.2) is 5.16 Å². The number of carbonyl (C=O) groups is 2. The minimum Gasteiger partial charge on any atom is -0.462 e. The maximum atomic E-state index is 12.1. The fourth-order valence-electron chi connectivity index (χ4n) is 2.55. The molecule has 30 heavy (non-hydrogen) atoms. The summed E-state index contributed by atoms with van der Waals surface area (Å²) in [6.07, 6.45) is 3.06. The van der Waals surface area contributed by atoms with Gasteiger partial charge in [0.25, 0.3) is 0 Å². The summed E-state index contributed by atoms with van der Waals surface area (Å²) < 4.78 is 11.9. The number of carbonyl (C=O) groups excluding carboxylic acids is 2. The Morgan fingerprint density at radius 1 is 1.20 bits per heavy atom. The van der Waals surface area contributed by atoms with Crippen LogP contribution >= 0.6 is 11.8 Å². The van der Waals surface area contributed by atoms with Crippen molar-refractivity contribution in [1.82, 2.24) is 9.55 Å². The van der Waals surface area contributed by atoms with Crippen LogP contribution in [0.2, 0.25) is 0 Å². The van der Waals surface area contributed by atoms with Gasteiger partial charge >= 0.3 is 11.9 Å². The molecule has 0 aliphatic rings. The summed E-state index contributed by atoms with van der Waals surface area (Å²) in [4.78, 5) is 31.0. The Bertz CT molecular complexity index is 962. The summed E-state index contributed by atoms with van der Waals surface area (Å²) in [5.74, 6) is -0.263. The SMILES string of the molecule is CCOC(=O)/C(=C/c1cnc(SCC)n1Cc1ccc(C(=O)OCC)cc1)N=[N+]=[N-]. The molecule has 1 aromatic carbocycles. The Labute approximate surface area is 178 Å². The Morgan fingerprint density at radius 2 is 1.90 bits per heavy atom. The van der Waals surface area contributed by atoms with Crippen LogP contribution in [0.3, 0.4) is 0 Å². The van der Waals surface area contributed by atoms with Gasteiger partial charge in [0, 0.05) is 4.91 Å². The van der Waals surface area contributed by atoms with E-state index in [9.17, 15) is 9.59 Å². The zero-order valence-corrected chi connectivity index (χ0v) is 17.9. The number of nitrogens with zero attached hydrogens (tertiary/aromatic N) is 5. The summed E-state index contributed by atoms with van der Waals surface area (Å²) in [7, 11) is 0. The largest absolute Gasteiger partial charge is 0.462 e. The molecule has 0 unspecified atom stereocenters. The van der Waals surface area contributed by atoms with Gasteiger partial charge in [0.05, 0.1) is 37.2 Å². The minimum absolute atomic E-state index is 0.147. The molecule has 0 bridgehead atoms. The van der Waals surface area contributed by atoms with Crippen molar-refractivity contribution in [3.05, 3.63) is 63.4 Å². The van der Waals surface area contributed by atoms with Gasteiger partial charge in [-0.05, 0) is 48.9 Å². The average Bonchev–Trinajstić information content (AvgIpc) is 3.10. The molecule has 2 aromatic rings. The van der Waals surface area contributed by atoms with E-state index < -0.39 is 5.97 Å². The quantitative estimate of drug-likeness (QED) is 0.138. The van der Waals surface area contributed by atoms with Crippen LogP contribution in [0.1, 0.15) is 42.4 Å². The number of esters is 2. The van der Waals surface area contributed by atoms with Crippen LogP contribution in [0.15, 0.2) is 46.4 Å². The summed E-state index contributed by atoms with van der Waals surface area (Å²) in [6.45, 7) is 6.37. The van der Waals surface area contributed by atoms with E-state index in [0.717, 1.165) is 16.5 Å². The number of thioether (sulfide) groups is 1. The average molecular weight is 430 g/mol. The molecule has 0 aliphatic carbocycles. The Balaban J connectivity index is 2.38. The topological polar surface area (TPSA) is 119 Å². The van der Waals surface area contributed by atoms with E-state index in [-0.39, 0.29) is 18.3 Å². The Hall–Kier alpha value is -3.23. The molecule has 0 fully saturated rings. The van der Waals surface area contributed by atoms with Crippen LogP contribution in [0, 0.1) is 0 Å². The predicted molar refractivity (Wildman–Crippen MR) is 114 cm³/mol. The molecule has 0 saturated heterocycles. The monoisotopic (exact) mass is 429 g/mol. The van der Waals surface area contributed by atoms with Crippen molar-refractivity contribution in [3.8, 4) is 0 Å². The van der Waals surface area contributed by atoms with Gasteiger partial charge in [0.2, 0.25) is 0 Å². The van der Waals surface area contributed by atoms with Crippen LogP contribution < -0.4 is 0 Å². The number of azide groups is 1. The predicted octanol–water partition coefficient (Wildman–Crippen LogP) is 4.43. The van der Waals surface area contributed by atoms with Crippen molar-refractivity contribution >= 4 is 29.8 Å². The number of rotatable bonds is 10. The third-order valence-corrected chi connectivity index (χ3v) is 4.72. The first-order chi connectivity index (χ1) is 14.5. The normalized spacial score (nSPS) is 11.0. The maximum absolute atomic E-state index is 12.1. The van der Waals surface area contributed by atoms with Gasteiger partial charge in [-0.15, -0.1) is 0 Å². The van der Waals surface area contributed by atoms with Crippen LogP contribution in [0.25, 0.3) is 16.5 Å². The van der Waals surface area contributed by atoms with Gasteiger partial charge < -0.3 is 14.0 Å². The third-order valence-electron chi connectivity index (χ3n) is 3.85. The summed E-state index contributed by atoms with van der Waals surface area (Å²) in [5, 5.41) is 4.21. The molecule has 0 N–H and O–H groups in total. The number of hydrogen-bond acceptors (Lipinski definition) is 7. The fourth-order valence-corrected chi connectivity index (χ4v) is 3.27. The molecule has 0 aliphatic heterocycles. The first-order valence-electron chi connectivity index (χ1n) is 9.42. The van der Waals surface area contributed by atoms with Crippen molar-refractivity contribution in [1.29, 1.82) is 0 Å². The first-order valence-corrected chi connectivity index (χ1v) is 10.4. The summed E-state index contributed by atoms with van der Waals surface area (Å²) in [6, 6.07) is 7.08. The molecule has 0 atom stereocenters. The number of imidazole rings is 1. The van der Waals surface area contributed by atoms with E-state index in [1.165, 1.54) is 6.08 Å². The molecule has 1 heterocycles. The lowest BCUT2D eigenvalue weighted by Gasteiger charge is -2.11. The smallest absolute Gasteiger partial charge is 0.340 e. The molecule has 9 nitrogen and oxygen atoms in total. The highest BCUT2D eigenvalue weighted by Crippen LogP contribution is 2.22. The molecule has 2 rings (SSSR count). The lowest BCUT2D eigenvalue weighted by Crippen LogP contribution is -2.08. The Morgan fingerprint density at radius 3 is 2.50 bits per heavy atom. The van der Waals surface area contributed by atoms with E-state index in [0.29, 0.717) is 24.4 Å². The molecule has 0 spiro atoms. The van der Waals surface area contributed by atoms with Crippen LogP contribution in [-0.2, 0) is 20.8 Å². The second kappa shape index (κ2) is 11.7. The maximum Gasteiger partial charge on any atom is 0.340 e. The van der Waals surface area contributed by atoms with Gasteiger partial charge in [-0.3, -0.25) is 0 Å². The van der Waals surface area contributed by atoms with Gasteiger partial charge in [-0.2, -0.15) is 0 Å². The molecule has 0 saturated carbocycles. The van der Waals surface area contributed by atoms with Crippen LogP contribution in [0.5, 0.6) is 0 Å². The van der Waals surface area contributed by atoms with Crippen molar-refractivity contribution < 1.29 is 19.1 Å². The van der Waals surface area contributed by atoms with Crippen molar-refractivity contribution in [2.45, 2.75) is 32.5 Å². The molecular weight excluding hydrogens is 406 g/mol. The van der Waals surface area contributed by atoms with Gasteiger partial charge in [-0.25, -0.2) is 14.6 Å². The highest BCUT2D eigenvalue weighted by atomic mass is 32.2. The van der Waals surface area contributed by atoms with E-state index >= 15 is 0 Å². The molecule has 158 valence electrons. The summed E-state index contributed by atoms with van der Waals surface area (Å²) in [5.41, 5.74) is 10.6. The molecule has 10 heteroatoms. The third kappa shape index (κ3) is 6.13. The lowest BCUT2D eigenvalue weighted by molar-refractivity contribution is -0.138. The molecule has 1 aromatic heterocycles. The van der Waals surface area contributed by atoms with E-state index in [1.807, 2.05) is 23.6 Å². The number of benzene rings is 1. The first kappa shape index (κ1) is 23.1. The van der Waals surface area contributed by atoms with Crippen LogP contribution in [0.4, 0.5) is 0 Å². The van der Waals surface area contributed by atoms with Gasteiger partial charge in [-0.1, -0.05) is 35.9 Å². The zero-order chi connectivity index (χ0) is 21.9. The van der Waals surface area contributed by atoms with Gasteiger partial charge in [0.1, 0.15) is 5.70 Å². The van der Waals surface area contributed by atoms with E-state index in [1.54, 1.807) is 43.9 Å². The highest BCUT2D eigenvalue weighted by molar-refractivity contribution is 7.99. The zero-order valence-electron chi connectivity index (χ0n) is 17.1. The van der Waals surface area contributed by atoms with E-state index in [2.05, 4.69) is 15.0 Å². The van der Waals surface area contributed by atoms with E-state index in [4.69, 9.17) is 15.0 Å². The number of ether oxygens (including phenoxy) is 2. The lowest BCUT2D eigenvalue weighted by atomic mass is 10.1. The van der Waals surface area contributed by atoms with Crippen molar-refractivity contribution in [3.63, 3.8) is 0 Å². The fraction of sp³-hybridized carbons (Fsp3) is 0.350. The highest BCUT2D eigenvalue weighted by Gasteiger charge is 2.14. The second-order valence-corrected chi connectivity index (χ2v) is 7.07. The molecular formula is C20H23N5O4S. The minimum atomic E-state index is -0.702. The molecule has 0 amide bonds.